The molecule has 4 nitrogen and oxygen atoms in total. The largest absolute Gasteiger partial charge is 0.454 e. The van der Waals surface area contributed by atoms with Crippen molar-refractivity contribution in [3.8, 4) is 11.8 Å². The van der Waals surface area contributed by atoms with E-state index in [1.165, 1.54) is 12.1 Å². The predicted octanol–water partition coefficient (Wildman–Crippen LogP) is 3.70. The average Bonchev–Trinajstić information content (AvgIpc) is 2.44. The van der Waals surface area contributed by atoms with E-state index < -0.39 is 29.2 Å². The van der Waals surface area contributed by atoms with Crippen LogP contribution in [0.25, 0.3) is 0 Å². The maximum atomic E-state index is 12.3. The molecule has 0 aliphatic carbocycles. The summed E-state index contributed by atoms with van der Waals surface area (Å²) < 4.78 is 41.8. The number of benzene rings is 1. The Hall–Kier alpha value is -2.49. The lowest BCUT2D eigenvalue weighted by Crippen LogP contribution is -2.32. The molecule has 130 valence electrons. The summed E-state index contributed by atoms with van der Waals surface area (Å²) in [6.45, 7) is 5.53. The number of hydrogen-bond donors (Lipinski definition) is 1. The van der Waals surface area contributed by atoms with Crippen LogP contribution < -0.4 is 5.32 Å². The molecule has 1 N–H and O–H groups in total. The van der Waals surface area contributed by atoms with Crippen LogP contribution in [0.1, 0.15) is 43.1 Å². The fourth-order valence-electron chi connectivity index (χ4n) is 1.57. The van der Waals surface area contributed by atoms with E-state index in [0.717, 1.165) is 12.1 Å². The molecule has 7 heteroatoms. The minimum absolute atomic E-state index is 0.284. The highest BCUT2D eigenvalue weighted by Crippen LogP contribution is 2.21. The molecule has 1 aromatic carbocycles. The van der Waals surface area contributed by atoms with E-state index in [2.05, 4.69) is 17.2 Å². The normalized spacial score (nSPS) is 11.2. The topological polar surface area (TPSA) is 55.4 Å². The number of halogens is 3. The van der Waals surface area contributed by atoms with Gasteiger partial charge in [0, 0.05) is 24.1 Å². The molecule has 0 aliphatic rings. The zero-order valence-electron chi connectivity index (χ0n) is 13.6. The fourth-order valence-corrected chi connectivity index (χ4v) is 1.57. The van der Waals surface area contributed by atoms with E-state index in [4.69, 9.17) is 4.74 Å². The monoisotopic (exact) mass is 341 g/mol. The number of nitrogens with one attached hydrogen (secondary N) is 1. The van der Waals surface area contributed by atoms with E-state index in [0.29, 0.717) is 12.0 Å². The Morgan fingerprint density at radius 2 is 1.71 bits per heavy atom. The molecule has 0 spiro atoms. The van der Waals surface area contributed by atoms with Crippen LogP contribution in [-0.2, 0) is 4.74 Å². The molecule has 0 unspecified atom stereocenters. The Labute approximate surface area is 138 Å². The van der Waals surface area contributed by atoms with E-state index in [1.54, 1.807) is 20.8 Å². The van der Waals surface area contributed by atoms with Gasteiger partial charge >= 0.3 is 12.3 Å². The summed E-state index contributed by atoms with van der Waals surface area (Å²) in [6.07, 6.45) is -5.08. The van der Waals surface area contributed by atoms with Crippen molar-refractivity contribution in [2.45, 2.75) is 39.0 Å². The van der Waals surface area contributed by atoms with Gasteiger partial charge in [0.1, 0.15) is 5.60 Å². The molecule has 0 aromatic heterocycles. The molecule has 1 amide bonds. The first kappa shape index (κ1) is 19.6. The van der Waals surface area contributed by atoms with Crippen molar-refractivity contribution >= 4 is 11.9 Å². The van der Waals surface area contributed by atoms with E-state index >= 15 is 0 Å². The molecule has 0 atom stereocenters. The highest BCUT2D eigenvalue weighted by Gasteiger charge is 2.39. The highest BCUT2D eigenvalue weighted by molar-refractivity contribution is 6.00. The van der Waals surface area contributed by atoms with Crippen LogP contribution >= 0.6 is 0 Å². The first-order valence-electron chi connectivity index (χ1n) is 7.16. The number of carbonyl (C=O) groups excluding carboxylic acids is 2. The van der Waals surface area contributed by atoms with Gasteiger partial charge in [-0.05, 0) is 45.0 Å². The maximum Gasteiger partial charge on any atom is 0.454 e. The Kier molecular flexibility index (Phi) is 6.41. The molecule has 1 rings (SSSR count). The SMILES string of the molecule is CC(C)(C)OC(=O)NCCC#Cc1ccc(C(=O)C(F)(F)F)cc1. The standard InChI is InChI=1S/C17H18F3NO3/c1-16(2,3)24-15(23)21-11-5-4-6-12-7-9-13(10-8-12)14(22)17(18,19)20/h7-10H,5,11H2,1-3H3,(H,21,23). The van der Waals surface area contributed by atoms with E-state index in [9.17, 15) is 22.8 Å². The number of ether oxygens (including phenoxy) is 1. The van der Waals surface area contributed by atoms with Crippen LogP contribution in [0.5, 0.6) is 0 Å². The number of rotatable bonds is 3. The second-order valence-electron chi connectivity index (χ2n) is 5.88. The summed E-state index contributed by atoms with van der Waals surface area (Å²) in [7, 11) is 0. The van der Waals surface area contributed by atoms with Crippen LogP contribution in [0.3, 0.4) is 0 Å². The van der Waals surface area contributed by atoms with Crippen molar-refractivity contribution in [2.75, 3.05) is 6.54 Å². The van der Waals surface area contributed by atoms with Crippen molar-refractivity contribution in [1.29, 1.82) is 0 Å². The molecule has 24 heavy (non-hydrogen) atoms. The molecule has 1 aromatic rings. The number of hydrogen-bond acceptors (Lipinski definition) is 3. The number of alkyl halides is 3. The number of Topliss-reactive ketones (excluding diaryl/α,β-unsaturated/α-hetero) is 1. The van der Waals surface area contributed by atoms with Gasteiger partial charge in [-0.15, -0.1) is 0 Å². The van der Waals surface area contributed by atoms with Gasteiger partial charge in [-0.2, -0.15) is 13.2 Å². The lowest BCUT2D eigenvalue weighted by Gasteiger charge is -2.19. The van der Waals surface area contributed by atoms with Gasteiger partial charge in [-0.3, -0.25) is 4.79 Å². The summed E-state index contributed by atoms with van der Waals surface area (Å²) in [4.78, 5) is 22.4. The van der Waals surface area contributed by atoms with Gasteiger partial charge in [0.2, 0.25) is 0 Å². The number of ketones is 1. The molecule has 0 saturated carbocycles. The van der Waals surface area contributed by atoms with Gasteiger partial charge in [0.25, 0.3) is 5.78 Å². The van der Waals surface area contributed by atoms with Crippen molar-refractivity contribution in [3.05, 3.63) is 35.4 Å². The van der Waals surface area contributed by atoms with Crippen molar-refractivity contribution in [1.82, 2.24) is 5.32 Å². The molecule has 0 fully saturated rings. The number of amides is 1. The third kappa shape index (κ3) is 7.18. The summed E-state index contributed by atoms with van der Waals surface area (Å²) in [5.74, 6) is 3.62. The molecular weight excluding hydrogens is 323 g/mol. The Morgan fingerprint density at radius 1 is 1.12 bits per heavy atom. The third-order valence-corrected chi connectivity index (χ3v) is 2.56. The molecule has 0 saturated heterocycles. The zero-order valence-corrected chi connectivity index (χ0v) is 13.6. The Bertz CT molecular complexity index is 647. The third-order valence-electron chi connectivity index (χ3n) is 2.56. The minimum atomic E-state index is -4.89. The summed E-state index contributed by atoms with van der Waals surface area (Å²) >= 11 is 0. The van der Waals surface area contributed by atoms with Crippen LogP contribution in [-0.4, -0.2) is 30.2 Å². The molecule has 0 radical (unpaired) electrons. The average molecular weight is 341 g/mol. The Balaban J connectivity index is 2.48. The van der Waals surface area contributed by atoms with Crippen molar-refractivity contribution in [2.24, 2.45) is 0 Å². The van der Waals surface area contributed by atoms with Crippen LogP contribution in [0, 0.1) is 11.8 Å². The summed E-state index contributed by atoms with van der Waals surface area (Å²) in [5, 5.41) is 2.53. The van der Waals surface area contributed by atoms with Crippen LogP contribution in [0.15, 0.2) is 24.3 Å². The predicted molar refractivity (Wildman–Crippen MR) is 82.6 cm³/mol. The Morgan fingerprint density at radius 3 is 2.21 bits per heavy atom. The minimum Gasteiger partial charge on any atom is -0.444 e. The second kappa shape index (κ2) is 7.86. The number of alkyl carbamates (subject to hydrolysis) is 1. The first-order valence-corrected chi connectivity index (χ1v) is 7.16. The van der Waals surface area contributed by atoms with E-state index in [1.807, 2.05) is 0 Å². The molecular formula is C17H18F3NO3. The lowest BCUT2D eigenvalue weighted by molar-refractivity contribution is -0.0885. The van der Waals surface area contributed by atoms with Crippen molar-refractivity contribution in [3.63, 3.8) is 0 Å². The highest BCUT2D eigenvalue weighted by atomic mass is 19.4. The summed E-state index contributed by atoms with van der Waals surface area (Å²) in [6, 6.07) is 4.85. The van der Waals surface area contributed by atoms with Gasteiger partial charge < -0.3 is 10.1 Å². The lowest BCUT2D eigenvalue weighted by atomic mass is 10.1. The smallest absolute Gasteiger partial charge is 0.444 e. The van der Waals surface area contributed by atoms with Gasteiger partial charge in [0.15, 0.2) is 0 Å². The molecule has 0 bridgehead atoms. The maximum absolute atomic E-state index is 12.3. The van der Waals surface area contributed by atoms with Crippen LogP contribution in [0.2, 0.25) is 0 Å². The second-order valence-corrected chi connectivity index (χ2v) is 5.88. The number of carbonyl (C=O) groups is 2. The quantitative estimate of drug-likeness (QED) is 0.518. The van der Waals surface area contributed by atoms with Gasteiger partial charge in [-0.1, -0.05) is 11.8 Å². The van der Waals surface area contributed by atoms with Crippen molar-refractivity contribution < 1.29 is 27.5 Å². The van der Waals surface area contributed by atoms with Gasteiger partial charge in [0.05, 0.1) is 0 Å². The van der Waals surface area contributed by atoms with Crippen LogP contribution in [0.4, 0.5) is 18.0 Å². The first-order chi connectivity index (χ1) is 11.0. The molecule has 0 heterocycles. The summed E-state index contributed by atoms with van der Waals surface area (Å²) in [5.41, 5.74) is -0.531. The van der Waals surface area contributed by atoms with Gasteiger partial charge in [-0.25, -0.2) is 4.79 Å². The zero-order chi connectivity index (χ0) is 18.4. The van der Waals surface area contributed by atoms with E-state index in [-0.39, 0.29) is 6.54 Å². The fraction of sp³-hybridized carbons (Fsp3) is 0.412. The molecule has 0 aliphatic heterocycles.